The first-order chi connectivity index (χ1) is 21.7. The molecule has 0 aliphatic carbocycles. The van der Waals surface area contributed by atoms with Crippen molar-refractivity contribution in [3.8, 4) is 11.5 Å². The van der Waals surface area contributed by atoms with Crippen molar-refractivity contribution in [3.63, 3.8) is 0 Å². The molecule has 1 atom stereocenters. The van der Waals surface area contributed by atoms with Crippen molar-refractivity contribution in [2.24, 2.45) is 0 Å². The number of ether oxygens (including phenoxy) is 1. The molecular formula is C32H30FN7O4S. The van der Waals surface area contributed by atoms with Crippen LogP contribution in [0.1, 0.15) is 11.7 Å². The first kappa shape index (κ1) is 28.9. The zero-order valence-electron chi connectivity index (χ0n) is 24.4. The average Bonchev–Trinajstić information content (AvgIpc) is 3.03. The Bertz CT molecular complexity index is 2060. The van der Waals surface area contributed by atoms with Gasteiger partial charge in [-0.1, -0.05) is 30.3 Å². The van der Waals surface area contributed by atoms with E-state index in [1.54, 1.807) is 24.3 Å². The SMILES string of the molecule is CN1CCN(c2ccc(Nc3ncc4cc(Oc5ccccc5F)c(=O)n(C5Cc6ccccc6S(=O)(=O)N5)c4n3)cc2)CC1. The van der Waals surface area contributed by atoms with E-state index >= 15 is 0 Å². The molecule has 7 rings (SSSR count). The van der Waals surface area contributed by atoms with Crippen molar-refractivity contribution in [3.05, 3.63) is 107 Å². The monoisotopic (exact) mass is 627 g/mol. The van der Waals surface area contributed by atoms with Crippen LogP contribution in [0.2, 0.25) is 0 Å². The number of hydrogen-bond donors (Lipinski definition) is 2. The molecule has 2 aliphatic rings. The molecule has 11 nitrogen and oxygen atoms in total. The molecule has 0 spiro atoms. The molecule has 1 unspecified atom stereocenters. The Morgan fingerprint density at radius 1 is 0.956 bits per heavy atom. The Balaban J connectivity index is 1.27. The highest BCUT2D eigenvalue weighted by atomic mass is 32.2. The van der Waals surface area contributed by atoms with Gasteiger partial charge in [0.05, 0.1) is 4.90 Å². The second-order valence-corrected chi connectivity index (χ2v) is 12.8. The summed E-state index contributed by atoms with van der Waals surface area (Å²) in [5.41, 5.74) is 1.91. The number of piperazine rings is 1. The predicted octanol–water partition coefficient (Wildman–Crippen LogP) is 4.25. The van der Waals surface area contributed by atoms with E-state index in [-0.39, 0.29) is 34.4 Å². The lowest BCUT2D eigenvalue weighted by Gasteiger charge is -2.34. The Morgan fingerprint density at radius 3 is 2.47 bits per heavy atom. The van der Waals surface area contributed by atoms with Crippen LogP contribution in [0, 0.1) is 5.82 Å². The largest absolute Gasteiger partial charge is 0.448 e. The van der Waals surface area contributed by atoms with E-state index in [4.69, 9.17) is 4.74 Å². The van der Waals surface area contributed by atoms with Gasteiger partial charge in [-0.3, -0.25) is 9.36 Å². The number of sulfonamides is 1. The third-order valence-corrected chi connectivity index (χ3v) is 9.63. The number of aromatic nitrogens is 3. The number of benzene rings is 3. The summed E-state index contributed by atoms with van der Waals surface area (Å²) >= 11 is 0. The summed E-state index contributed by atoms with van der Waals surface area (Å²) in [5, 5.41) is 3.59. The lowest BCUT2D eigenvalue weighted by atomic mass is 10.1. The predicted molar refractivity (Wildman–Crippen MR) is 169 cm³/mol. The van der Waals surface area contributed by atoms with E-state index < -0.39 is 27.6 Å². The van der Waals surface area contributed by atoms with Gasteiger partial charge in [0, 0.05) is 55.6 Å². The summed E-state index contributed by atoms with van der Waals surface area (Å²) < 4.78 is 50.5. The first-order valence-corrected chi connectivity index (χ1v) is 16.0. The van der Waals surface area contributed by atoms with Gasteiger partial charge in [-0.15, -0.1) is 0 Å². The minimum atomic E-state index is -3.95. The van der Waals surface area contributed by atoms with Gasteiger partial charge in [0.2, 0.25) is 16.0 Å². The standard InChI is InChI=1S/C32H30FN7O4S/c1-38-14-16-39(17-15-38)24-12-10-23(11-13-24)35-32-34-20-22-18-27(44-26-8-4-3-7-25(26)33)31(41)40(30(22)36-32)29-19-21-6-2-5-9-28(21)45(42,43)37-29/h2-13,18,20,29,37H,14-17,19H2,1H3,(H,34,35,36). The van der Waals surface area contributed by atoms with Gasteiger partial charge in [0.1, 0.15) is 11.8 Å². The van der Waals surface area contributed by atoms with E-state index in [1.807, 2.05) is 24.3 Å². The van der Waals surface area contributed by atoms with Gasteiger partial charge < -0.3 is 19.9 Å². The zero-order valence-corrected chi connectivity index (χ0v) is 25.2. The minimum absolute atomic E-state index is 0.144. The molecule has 4 heterocycles. The van der Waals surface area contributed by atoms with Crippen LogP contribution in [0.15, 0.2) is 94.7 Å². The molecule has 1 fully saturated rings. The molecule has 0 amide bonds. The van der Waals surface area contributed by atoms with Crippen LogP contribution in [-0.2, 0) is 16.4 Å². The quantitative estimate of drug-likeness (QED) is 0.285. The molecule has 0 radical (unpaired) electrons. The molecule has 5 aromatic rings. The second kappa shape index (κ2) is 11.6. The van der Waals surface area contributed by atoms with Gasteiger partial charge in [0.15, 0.2) is 17.3 Å². The van der Waals surface area contributed by atoms with E-state index in [0.717, 1.165) is 37.6 Å². The maximum absolute atomic E-state index is 14.5. The Labute approximate surface area is 259 Å². The molecule has 13 heteroatoms. The van der Waals surface area contributed by atoms with Gasteiger partial charge in [-0.25, -0.2) is 17.8 Å². The molecule has 230 valence electrons. The topological polar surface area (TPSA) is 122 Å². The number of para-hydroxylation sites is 1. The highest BCUT2D eigenvalue weighted by molar-refractivity contribution is 7.89. The molecular weight excluding hydrogens is 597 g/mol. The smallest absolute Gasteiger partial charge is 0.296 e. The lowest BCUT2D eigenvalue weighted by Crippen LogP contribution is -2.44. The van der Waals surface area contributed by atoms with Gasteiger partial charge in [-0.05, 0) is 61.1 Å². The van der Waals surface area contributed by atoms with Crippen molar-refractivity contribution in [1.82, 2.24) is 24.2 Å². The minimum Gasteiger partial charge on any atom is -0.448 e. The average molecular weight is 628 g/mol. The summed E-state index contributed by atoms with van der Waals surface area (Å²) in [6, 6.07) is 21.7. The summed E-state index contributed by atoms with van der Waals surface area (Å²) in [7, 11) is -1.84. The second-order valence-electron chi connectivity index (χ2n) is 11.1. The van der Waals surface area contributed by atoms with Gasteiger partial charge in [0.25, 0.3) is 5.56 Å². The van der Waals surface area contributed by atoms with Crippen LogP contribution < -0.4 is 25.2 Å². The van der Waals surface area contributed by atoms with Crippen LogP contribution in [-0.4, -0.2) is 61.1 Å². The van der Waals surface area contributed by atoms with Crippen LogP contribution in [0.4, 0.5) is 21.7 Å². The summed E-state index contributed by atoms with van der Waals surface area (Å²) in [6.07, 6.45) is 0.655. The van der Waals surface area contributed by atoms with E-state index in [9.17, 15) is 17.6 Å². The zero-order chi connectivity index (χ0) is 31.1. The molecule has 2 aromatic heterocycles. The van der Waals surface area contributed by atoms with Crippen LogP contribution in [0.5, 0.6) is 11.5 Å². The molecule has 0 bridgehead atoms. The summed E-state index contributed by atoms with van der Waals surface area (Å²) in [4.78, 5) is 27.9. The number of nitrogens with one attached hydrogen (secondary N) is 2. The lowest BCUT2D eigenvalue weighted by molar-refractivity contribution is 0.313. The third-order valence-electron chi connectivity index (χ3n) is 8.07. The van der Waals surface area contributed by atoms with Crippen molar-refractivity contribution < 1.29 is 17.5 Å². The highest BCUT2D eigenvalue weighted by Gasteiger charge is 2.32. The van der Waals surface area contributed by atoms with Gasteiger partial charge in [-0.2, -0.15) is 9.71 Å². The van der Waals surface area contributed by atoms with E-state index in [0.29, 0.717) is 10.9 Å². The molecule has 2 N–H and O–H groups in total. The fourth-order valence-corrected chi connectivity index (χ4v) is 7.11. The first-order valence-electron chi connectivity index (χ1n) is 14.5. The number of anilines is 3. The van der Waals surface area contributed by atoms with Crippen molar-refractivity contribution >= 4 is 38.4 Å². The normalized spacial score (nSPS) is 18.0. The number of nitrogens with zero attached hydrogens (tertiary/aromatic N) is 5. The fraction of sp³-hybridized carbons (Fsp3) is 0.219. The molecule has 3 aromatic carbocycles. The van der Waals surface area contributed by atoms with Crippen LogP contribution >= 0.6 is 0 Å². The highest BCUT2D eigenvalue weighted by Crippen LogP contribution is 2.31. The number of hydrogen-bond acceptors (Lipinski definition) is 9. The summed E-state index contributed by atoms with van der Waals surface area (Å²) in [5.74, 6) is -0.779. The Kier molecular flexibility index (Phi) is 7.43. The van der Waals surface area contributed by atoms with Crippen LogP contribution in [0.25, 0.3) is 11.0 Å². The number of pyridine rings is 1. The summed E-state index contributed by atoms with van der Waals surface area (Å²) in [6.45, 7) is 3.91. The van der Waals surface area contributed by atoms with Crippen LogP contribution in [0.3, 0.4) is 0 Å². The molecule has 2 aliphatic heterocycles. The van der Waals surface area contributed by atoms with E-state index in [1.165, 1.54) is 41.1 Å². The van der Waals surface area contributed by atoms with Crippen molar-refractivity contribution in [2.45, 2.75) is 17.5 Å². The van der Waals surface area contributed by atoms with Crippen molar-refractivity contribution in [1.29, 1.82) is 0 Å². The molecule has 1 saturated heterocycles. The Morgan fingerprint density at radius 2 is 1.69 bits per heavy atom. The maximum atomic E-state index is 14.5. The number of halogens is 1. The number of rotatable bonds is 6. The fourth-order valence-electron chi connectivity index (χ4n) is 5.68. The van der Waals surface area contributed by atoms with Crippen molar-refractivity contribution in [2.75, 3.05) is 43.4 Å². The van der Waals surface area contributed by atoms with E-state index in [2.05, 4.69) is 36.9 Å². The molecule has 45 heavy (non-hydrogen) atoms. The maximum Gasteiger partial charge on any atom is 0.296 e. The number of likely N-dealkylation sites (N-methyl/N-ethyl adjacent to an activating group) is 1. The Hall–Kier alpha value is -4.85. The third kappa shape index (κ3) is 5.72. The van der Waals surface area contributed by atoms with Gasteiger partial charge >= 0.3 is 0 Å². The molecule has 0 saturated carbocycles. The number of fused-ring (bicyclic) bond motifs is 2.